The van der Waals surface area contributed by atoms with Gasteiger partial charge in [-0.25, -0.2) is 4.79 Å². The van der Waals surface area contributed by atoms with E-state index in [0.29, 0.717) is 22.7 Å². The molecule has 2 heterocycles. The van der Waals surface area contributed by atoms with Gasteiger partial charge in [-0.2, -0.15) is 5.10 Å². The normalized spacial score (nSPS) is 22.6. The molecular formula is C13H19N3O3S. The van der Waals surface area contributed by atoms with Crippen molar-refractivity contribution in [1.29, 1.82) is 0 Å². The quantitative estimate of drug-likeness (QED) is 0.886. The van der Waals surface area contributed by atoms with Crippen molar-refractivity contribution in [2.75, 3.05) is 5.75 Å². The minimum atomic E-state index is -0.951. The van der Waals surface area contributed by atoms with Crippen molar-refractivity contribution in [2.45, 2.75) is 39.1 Å². The molecule has 0 spiro atoms. The Hall–Kier alpha value is -1.50. The maximum atomic E-state index is 12.8. The van der Waals surface area contributed by atoms with Crippen molar-refractivity contribution in [3.8, 4) is 0 Å². The molecule has 0 bridgehead atoms. The van der Waals surface area contributed by atoms with Crippen LogP contribution in [0.1, 0.15) is 35.6 Å². The molecule has 110 valence electrons. The van der Waals surface area contributed by atoms with Crippen LogP contribution < -0.4 is 0 Å². The number of amides is 1. The van der Waals surface area contributed by atoms with Gasteiger partial charge in [0.25, 0.3) is 5.91 Å². The summed E-state index contributed by atoms with van der Waals surface area (Å²) < 4.78 is 0. The van der Waals surface area contributed by atoms with Crippen LogP contribution in [0.25, 0.3) is 0 Å². The zero-order valence-corrected chi connectivity index (χ0v) is 12.8. The Balaban J connectivity index is 2.40. The number of nitrogens with zero attached hydrogens (tertiary/aromatic N) is 2. The smallest absolute Gasteiger partial charge is 0.327 e. The van der Waals surface area contributed by atoms with Crippen LogP contribution in [0.3, 0.4) is 0 Å². The maximum Gasteiger partial charge on any atom is 0.327 e. The summed E-state index contributed by atoms with van der Waals surface area (Å²) >= 11 is 1.53. The Morgan fingerprint density at radius 2 is 2.10 bits per heavy atom. The van der Waals surface area contributed by atoms with Crippen molar-refractivity contribution in [1.82, 2.24) is 15.1 Å². The van der Waals surface area contributed by atoms with Crippen LogP contribution >= 0.6 is 11.8 Å². The number of thioether (sulfide) groups is 1. The van der Waals surface area contributed by atoms with Crippen LogP contribution in [0, 0.1) is 19.8 Å². The maximum absolute atomic E-state index is 12.8. The summed E-state index contributed by atoms with van der Waals surface area (Å²) in [7, 11) is 0. The van der Waals surface area contributed by atoms with Crippen LogP contribution in [-0.4, -0.2) is 49.2 Å². The van der Waals surface area contributed by atoms with E-state index in [9.17, 15) is 14.7 Å². The number of carbonyl (C=O) groups excluding carboxylic acids is 1. The average molecular weight is 297 g/mol. The molecule has 2 rings (SSSR count). The Bertz CT molecular complexity index is 521. The number of rotatable bonds is 3. The molecule has 1 amide bonds. The van der Waals surface area contributed by atoms with Crippen LogP contribution in [0.5, 0.6) is 0 Å². The molecule has 0 aromatic carbocycles. The minimum absolute atomic E-state index is 0.114. The van der Waals surface area contributed by atoms with Gasteiger partial charge in [-0.1, -0.05) is 13.8 Å². The molecule has 0 saturated carbocycles. The molecule has 2 unspecified atom stereocenters. The summed E-state index contributed by atoms with van der Waals surface area (Å²) in [5, 5.41) is 16.0. The number of nitrogens with one attached hydrogen (secondary N) is 1. The second kappa shape index (κ2) is 5.47. The second-order valence-corrected chi connectivity index (χ2v) is 6.49. The molecule has 0 aliphatic carbocycles. The molecule has 1 saturated heterocycles. The third-order valence-electron chi connectivity index (χ3n) is 3.47. The number of carboxylic acids is 1. The lowest BCUT2D eigenvalue weighted by Gasteiger charge is -2.29. The minimum Gasteiger partial charge on any atom is -0.480 e. The highest BCUT2D eigenvalue weighted by molar-refractivity contribution is 8.00. The number of aryl methyl sites for hydroxylation is 2. The van der Waals surface area contributed by atoms with Crippen molar-refractivity contribution in [2.24, 2.45) is 5.92 Å². The summed E-state index contributed by atoms with van der Waals surface area (Å²) in [6.07, 6.45) is 0. The highest BCUT2D eigenvalue weighted by Gasteiger charge is 2.44. The van der Waals surface area contributed by atoms with E-state index in [2.05, 4.69) is 10.2 Å². The topological polar surface area (TPSA) is 86.3 Å². The zero-order chi connectivity index (χ0) is 15.0. The molecule has 1 aliphatic rings. The van der Waals surface area contributed by atoms with Gasteiger partial charge in [-0.05, 0) is 19.8 Å². The van der Waals surface area contributed by atoms with Gasteiger partial charge in [0.2, 0.25) is 0 Å². The number of hydrogen-bond acceptors (Lipinski definition) is 4. The van der Waals surface area contributed by atoms with Gasteiger partial charge in [0, 0.05) is 11.4 Å². The number of H-pyrrole nitrogens is 1. The van der Waals surface area contributed by atoms with E-state index in [0.717, 1.165) is 0 Å². The van der Waals surface area contributed by atoms with Gasteiger partial charge in [0.1, 0.15) is 6.04 Å². The lowest BCUT2D eigenvalue weighted by atomic mass is 10.1. The molecule has 1 aromatic rings. The van der Waals surface area contributed by atoms with Crippen LogP contribution in [0.4, 0.5) is 0 Å². The first-order valence-electron chi connectivity index (χ1n) is 6.53. The van der Waals surface area contributed by atoms with Crippen LogP contribution in [0.2, 0.25) is 0 Å². The molecular weight excluding hydrogens is 278 g/mol. The van der Waals surface area contributed by atoms with E-state index in [-0.39, 0.29) is 17.2 Å². The number of aromatic amines is 1. The standard InChI is InChI=1S/C13H19N3O3S/c1-6(2)12-16(9(5-20-12)13(18)19)11(17)10-7(3)14-15-8(10)4/h6,9,12H,5H2,1-4H3,(H,14,15)(H,18,19). The Morgan fingerprint density at radius 3 is 2.55 bits per heavy atom. The highest BCUT2D eigenvalue weighted by atomic mass is 32.2. The van der Waals surface area contributed by atoms with Gasteiger partial charge in [0.05, 0.1) is 16.6 Å². The van der Waals surface area contributed by atoms with E-state index in [1.807, 2.05) is 13.8 Å². The first-order chi connectivity index (χ1) is 9.34. The first kappa shape index (κ1) is 14.9. The number of carboxylic acid groups (broad SMARTS) is 1. The molecule has 1 aromatic heterocycles. The average Bonchev–Trinajstić information content (AvgIpc) is 2.93. The number of hydrogen-bond donors (Lipinski definition) is 2. The first-order valence-corrected chi connectivity index (χ1v) is 7.58. The lowest BCUT2D eigenvalue weighted by molar-refractivity contribution is -0.141. The van der Waals surface area contributed by atoms with Crippen molar-refractivity contribution in [3.05, 3.63) is 17.0 Å². The van der Waals surface area contributed by atoms with Crippen molar-refractivity contribution < 1.29 is 14.7 Å². The zero-order valence-electron chi connectivity index (χ0n) is 12.0. The fourth-order valence-electron chi connectivity index (χ4n) is 2.48. The second-order valence-electron chi connectivity index (χ2n) is 5.34. The van der Waals surface area contributed by atoms with Gasteiger partial charge >= 0.3 is 5.97 Å². The Kier molecular flexibility index (Phi) is 4.08. The number of aliphatic carboxylic acids is 1. The van der Waals surface area contributed by atoms with E-state index >= 15 is 0 Å². The summed E-state index contributed by atoms with van der Waals surface area (Å²) in [5.41, 5.74) is 1.77. The molecule has 2 atom stereocenters. The third-order valence-corrected chi connectivity index (χ3v) is 5.09. The number of carbonyl (C=O) groups is 2. The summed E-state index contributed by atoms with van der Waals surface area (Å²) in [6.45, 7) is 7.52. The number of aromatic nitrogens is 2. The SMILES string of the molecule is Cc1n[nH]c(C)c1C(=O)N1C(C(=O)O)CSC1C(C)C. The Labute approximate surface area is 121 Å². The van der Waals surface area contributed by atoms with Crippen LogP contribution in [0.15, 0.2) is 0 Å². The van der Waals surface area contributed by atoms with Gasteiger partial charge in [-0.3, -0.25) is 9.89 Å². The molecule has 0 radical (unpaired) electrons. The van der Waals surface area contributed by atoms with Gasteiger partial charge in [-0.15, -0.1) is 11.8 Å². The summed E-state index contributed by atoms with van der Waals surface area (Å²) in [4.78, 5) is 25.7. The molecule has 2 N–H and O–H groups in total. The van der Waals surface area contributed by atoms with E-state index < -0.39 is 12.0 Å². The fourth-order valence-corrected chi connectivity index (χ4v) is 3.95. The van der Waals surface area contributed by atoms with Gasteiger partial charge < -0.3 is 10.0 Å². The third kappa shape index (κ3) is 2.42. The Morgan fingerprint density at radius 1 is 1.45 bits per heavy atom. The largest absolute Gasteiger partial charge is 0.480 e. The van der Waals surface area contributed by atoms with Gasteiger partial charge in [0.15, 0.2) is 0 Å². The summed E-state index contributed by atoms with van der Waals surface area (Å²) in [6, 6.07) is -0.770. The van der Waals surface area contributed by atoms with E-state index in [4.69, 9.17) is 0 Å². The molecule has 1 aliphatic heterocycles. The highest BCUT2D eigenvalue weighted by Crippen LogP contribution is 2.35. The molecule has 20 heavy (non-hydrogen) atoms. The predicted molar refractivity (Wildman–Crippen MR) is 76.7 cm³/mol. The summed E-state index contributed by atoms with van der Waals surface area (Å²) in [5.74, 6) is -0.571. The van der Waals surface area contributed by atoms with E-state index in [1.54, 1.807) is 13.8 Å². The van der Waals surface area contributed by atoms with Crippen molar-refractivity contribution in [3.63, 3.8) is 0 Å². The molecule has 1 fully saturated rings. The van der Waals surface area contributed by atoms with E-state index in [1.165, 1.54) is 16.7 Å². The fraction of sp³-hybridized carbons (Fsp3) is 0.615. The monoisotopic (exact) mass is 297 g/mol. The molecule has 6 nitrogen and oxygen atoms in total. The van der Waals surface area contributed by atoms with Crippen molar-refractivity contribution >= 4 is 23.6 Å². The lowest BCUT2D eigenvalue weighted by Crippen LogP contribution is -2.47. The van der Waals surface area contributed by atoms with Crippen LogP contribution in [-0.2, 0) is 4.79 Å². The predicted octanol–water partition coefficient (Wildman–Crippen LogP) is 1.65. The molecule has 7 heteroatoms.